The van der Waals surface area contributed by atoms with Crippen LogP contribution in [0.1, 0.15) is 24.0 Å². The predicted molar refractivity (Wildman–Crippen MR) is 90.5 cm³/mol. The maximum Gasteiger partial charge on any atom is 0.0281 e. The molecule has 112 valence electrons. The van der Waals surface area contributed by atoms with Crippen LogP contribution in [-0.4, -0.2) is 31.1 Å². The fourth-order valence-corrected chi connectivity index (χ4v) is 2.86. The van der Waals surface area contributed by atoms with Crippen LogP contribution in [0.25, 0.3) is 0 Å². The largest absolute Gasteiger partial charge is 0.329 e. The molecule has 2 nitrogen and oxygen atoms in total. The SMILES string of the molecule is CC(c1ccccc1)C(CN)N(C)CCc1ccccc1. The lowest BCUT2D eigenvalue weighted by Gasteiger charge is -2.32. The van der Waals surface area contributed by atoms with Crippen LogP contribution in [0.15, 0.2) is 60.7 Å². The van der Waals surface area contributed by atoms with Crippen molar-refractivity contribution in [3.8, 4) is 0 Å². The Kier molecular flexibility index (Phi) is 5.97. The highest BCUT2D eigenvalue weighted by Gasteiger charge is 2.21. The van der Waals surface area contributed by atoms with Gasteiger partial charge in [0.2, 0.25) is 0 Å². The molecule has 2 N–H and O–H groups in total. The molecule has 2 aromatic carbocycles. The molecule has 0 saturated carbocycles. The van der Waals surface area contributed by atoms with Gasteiger partial charge in [0.25, 0.3) is 0 Å². The van der Waals surface area contributed by atoms with Crippen molar-refractivity contribution < 1.29 is 0 Å². The van der Waals surface area contributed by atoms with E-state index in [1.807, 2.05) is 0 Å². The fourth-order valence-electron chi connectivity index (χ4n) is 2.86. The molecular formula is C19H26N2. The first-order valence-electron chi connectivity index (χ1n) is 7.71. The lowest BCUT2D eigenvalue weighted by atomic mass is 9.92. The van der Waals surface area contributed by atoms with E-state index in [0.717, 1.165) is 13.0 Å². The van der Waals surface area contributed by atoms with E-state index in [1.54, 1.807) is 0 Å². The zero-order valence-electron chi connectivity index (χ0n) is 13.1. The Hall–Kier alpha value is -1.64. The van der Waals surface area contributed by atoms with Gasteiger partial charge in [-0.05, 0) is 30.5 Å². The van der Waals surface area contributed by atoms with Crippen LogP contribution in [-0.2, 0) is 6.42 Å². The van der Waals surface area contributed by atoms with Gasteiger partial charge in [0.05, 0.1) is 0 Å². The van der Waals surface area contributed by atoms with E-state index in [4.69, 9.17) is 5.73 Å². The van der Waals surface area contributed by atoms with Crippen LogP contribution < -0.4 is 5.73 Å². The lowest BCUT2D eigenvalue weighted by Crippen LogP contribution is -2.42. The van der Waals surface area contributed by atoms with Crippen LogP contribution in [0.4, 0.5) is 0 Å². The molecule has 2 rings (SSSR count). The molecule has 0 spiro atoms. The average molecular weight is 282 g/mol. The van der Waals surface area contributed by atoms with Gasteiger partial charge >= 0.3 is 0 Å². The Morgan fingerprint density at radius 1 is 0.952 bits per heavy atom. The minimum Gasteiger partial charge on any atom is -0.329 e. The van der Waals surface area contributed by atoms with Crippen molar-refractivity contribution in [1.82, 2.24) is 4.90 Å². The van der Waals surface area contributed by atoms with Crippen molar-refractivity contribution in [3.63, 3.8) is 0 Å². The molecular weight excluding hydrogens is 256 g/mol. The molecule has 0 saturated heterocycles. The Bertz CT molecular complexity index is 510. The average Bonchev–Trinajstić information content (AvgIpc) is 2.55. The molecule has 0 amide bonds. The van der Waals surface area contributed by atoms with Crippen LogP contribution >= 0.6 is 0 Å². The van der Waals surface area contributed by atoms with Gasteiger partial charge in [0.15, 0.2) is 0 Å². The Balaban J connectivity index is 1.96. The predicted octanol–water partition coefficient (Wildman–Crippen LogP) is 3.29. The van der Waals surface area contributed by atoms with E-state index in [1.165, 1.54) is 11.1 Å². The first-order valence-corrected chi connectivity index (χ1v) is 7.71. The summed E-state index contributed by atoms with van der Waals surface area (Å²) in [5, 5.41) is 0. The van der Waals surface area contributed by atoms with Crippen LogP contribution in [0, 0.1) is 0 Å². The Morgan fingerprint density at radius 3 is 2.10 bits per heavy atom. The summed E-state index contributed by atoms with van der Waals surface area (Å²) in [6.45, 7) is 3.98. The summed E-state index contributed by atoms with van der Waals surface area (Å²) in [7, 11) is 2.18. The third kappa shape index (κ3) is 4.42. The normalized spacial score (nSPS) is 14.1. The van der Waals surface area contributed by atoms with Crippen molar-refractivity contribution in [2.45, 2.75) is 25.3 Å². The Labute approximate surface area is 128 Å². The summed E-state index contributed by atoms with van der Waals surface area (Å²) < 4.78 is 0. The number of benzene rings is 2. The zero-order chi connectivity index (χ0) is 15.1. The summed E-state index contributed by atoms with van der Waals surface area (Å²) in [6.07, 6.45) is 1.06. The first kappa shape index (κ1) is 15.7. The van der Waals surface area contributed by atoms with Gasteiger partial charge in [-0.2, -0.15) is 0 Å². The molecule has 0 bridgehead atoms. The molecule has 2 unspecified atom stereocenters. The van der Waals surface area contributed by atoms with Gasteiger partial charge in [-0.3, -0.25) is 0 Å². The van der Waals surface area contributed by atoms with Gasteiger partial charge in [-0.15, -0.1) is 0 Å². The highest BCUT2D eigenvalue weighted by atomic mass is 15.1. The minimum absolute atomic E-state index is 0.371. The van der Waals surface area contributed by atoms with E-state index in [-0.39, 0.29) is 0 Å². The third-order valence-electron chi connectivity index (χ3n) is 4.31. The molecule has 2 atom stereocenters. The number of hydrogen-bond acceptors (Lipinski definition) is 2. The molecule has 0 fully saturated rings. The lowest BCUT2D eigenvalue weighted by molar-refractivity contribution is 0.223. The maximum absolute atomic E-state index is 6.04. The topological polar surface area (TPSA) is 29.3 Å². The maximum atomic E-state index is 6.04. The standard InChI is InChI=1S/C19H26N2/c1-16(18-11-7-4-8-12-18)19(15-20)21(2)14-13-17-9-5-3-6-10-17/h3-12,16,19H,13-15,20H2,1-2H3. The first-order chi connectivity index (χ1) is 10.2. The van der Waals surface area contributed by atoms with Crippen molar-refractivity contribution >= 4 is 0 Å². The van der Waals surface area contributed by atoms with Gasteiger partial charge in [0, 0.05) is 19.1 Å². The molecule has 2 heteroatoms. The smallest absolute Gasteiger partial charge is 0.0281 e. The summed E-state index contributed by atoms with van der Waals surface area (Å²) >= 11 is 0. The minimum atomic E-state index is 0.371. The molecule has 0 aromatic heterocycles. The van der Waals surface area contributed by atoms with Crippen LogP contribution in [0.5, 0.6) is 0 Å². The van der Waals surface area contributed by atoms with Crippen molar-refractivity contribution in [2.24, 2.45) is 5.73 Å². The molecule has 21 heavy (non-hydrogen) atoms. The third-order valence-corrected chi connectivity index (χ3v) is 4.31. The summed E-state index contributed by atoms with van der Waals surface area (Å²) in [4.78, 5) is 2.39. The number of rotatable bonds is 7. The summed E-state index contributed by atoms with van der Waals surface area (Å²) in [6, 6.07) is 21.7. The van der Waals surface area contributed by atoms with Crippen molar-refractivity contribution in [3.05, 3.63) is 71.8 Å². The highest BCUT2D eigenvalue weighted by Crippen LogP contribution is 2.22. The van der Waals surface area contributed by atoms with Gasteiger partial charge in [-0.1, -0.05) is 67.6 Å². The number of nitrogens with zero attached hydrogens (tertiary/aromatic N) is 1. The monoisotopic (exact) mass is 282 g/mol. The molecule has 2 aromatic rings. The molecule has 0 aliphatic rings. The zero-order valence-corrected chi connectivity index (χ0v) is 13.1. The summed E-state index contributed by atoms with van der Waals surface area (Å²) in [5.41, 5.74) is 8.78. The second kappa shape index (κ2) is 7.96. The van der Waals surface area contributed by atoms with E-state index in [2.05, 4.69) is 79.5 Å². The van der Waals surface area contributed by atoms with Gasteiger partial charge in [0.1, 0.15) is 0 Å². The van der Waals surface area contributed by atoms with Crippen LogP contribution in [0.3, 0.4) is 0 Å². The second-order valence-electron chi connectivity index (χ2n) is 5.72. The quantitative estimate of drug-likeness (QED) is 0.844. The van der Waals surface area contributed by atoms with E-state index >= 15 is 0 Å². The van der Waals surface area contributed by atoms with Crippen molar-refractivity contribution in [1.29, 1.82) is 0 Å². The molecule has 0 heterocycles. The van der Waals surface area contributed by atoms with Gasteiger partial charge < -0.3 is 10.6 Å². The molecule has 0 aliphatic heterocycles. The molecule has 0 aliphatic carbocycles. The molecule has 0 radical (unpaired) electrons. The van der Waals surface area contributed by atoms with Crippen LogP contribution in [0.2, 0.25) is 0 Å². The second-order valence-corrected chi connectivity index (χ2v) is 5.72. The van der Waals surface area contributed by atoms with E-state index < -0.39 is 0 Å². The number of nitrogens with two attached hydrogens (primary N) is 1. The van der Waals surface area contributed by atoms with Crippen molar-refractivity contribution in [2.75, 3.05) is 20.1 Å². The number of likely N-dealkylation sites (N-methyl/N-ethyl adjacent to an activating group) is 1. The summed E-state index contributed by atoms with van der Waals surface area (Å²) in [5.74, 6) is 0.442. The Morgan fingerprint density at radius 2 is 1.52 bits per heavy atom. The van der Waals surface area contributed by atoms with E-state index in [9.17, 15) is 0 Å². The van der Waals surface area contributed by atoms with Gasteiger partial charge in [-0.25, -0.2) is 0 Å². The van der Waals surface area contributed by atoms with E-state index in [0.29, 0.717) is 18.5 Å². The number of hydrogen-bond donors (Lipinski definition) is 1. The fraction of sp³-hybridized carbons (Fsp3) is 0.368. The highest BCUT2D eigenvalue weighted by molar-refractivity contribution is 5.21.